The number of likely N-dealkylation sites (tertiary alicyclic amines) is 1. The van der Waals surface area contributed by atoms with E-state index in [0.29, 0.717) is 10.6 Å². The zero-order valence-corrected chi connectivity index (χ0v) is 12.6. The number of halogens is 1. The summed E-state index contributed by atoms with van der Waals surface area (Å²) in [7, 11) is 0. The number of nitrogens with zero attached hydrogens (tertiary/aromatic N) is 2. The molecule has 0 radical (unpaired) electrons. The van der Waals surface area contributed by atoms with E-state index in [2.05, 4.69) is 17.0 Å². The zero-order valence-electron chi connectivity index (χ0n) is 11.8. The third-order valence-electron chi connectivity index (χ3n) is 3.92. The Hall–Kier alpha value is -1.26. The Morgan fingerprint density at radius 2 is 2.35 bits per heavy atom. The fourth-order valence-corrected chi connectivity index (χ4v) is 3.07. The quantitative estimate of drug-likeness (QED) is 0.380. The standard InChI is InChI=1S/C15H22ClN3O/c1-2-3-11-6-7-19(9-11)10-13-5-4-12(8-14(13)16)15(17)18-20/h4-5,8,11,20H,2-3,6-7,9-10H2,1H3,(H2,17,18). The van der Waals surface area contributed by atoms with Gasteiger partial charge in [0.1, 0.15) is 0 Å². The van der Waals surface area contributed by atoms with Crippen molar-refractivity contribution in [3.8, 4) is 0 Å². The van der Waals surface area contributed by atoms with E-state index in [4.69, 9.17) is 22.5 Å². The van der Waals surface area contributed by atoms with Crippen LogP contribution in [0.25, 0.3) is 0 Å². The smallest absolute Gasteiger partial charge is 0.170 e. The van der Waals surface area contributed by atoms with E-state index in [1.165, 1.54) is 19.3 Å². The van der Waals surface area contributed by atoms with Crippen LogP contribution in [0.5, 0.6) is 0 Å². The monoisotopic (exact) mass is 295 g/mol. The van der Waals surface area contributed by atoms with Crippen LogP contribution in [-0.2, 0) is 6.54 Å². The molecule has 1 aromatic carbocycles. The molecule has 1 aliphatic heterocycles. The molecule has 1 unspecified atom stereocenters. The molecular weight excluding hydrogens is 274 g/mol. The number of amidine groups is 1. The number of nitrogens with two attached hydrogens (primary N) is 1. The van der Waals surface area contributed by atoms with Crippen molar-refractivity contribution in [1.29, 1.82) is 0 Å². The van der Waals surface area contributed by atoms with Gasteiger partial charge in [0.2, 0.25) is 0 Å². The number of benzene rings is 1. The van der Waals surface area contributed by atoms with E-state index in [1.807, 2.05) is 12.1 Å². The summed E-state index contributed by atoms with van der Waals surface area (Å²) in [5.41, 5.74) is 7.30. The van der Waals surface area contributed by atoms with Crippen LogP contribution in [0.4, 0.5) is 0 Å². The topological polar surface area (TPSA) is 61.8 Å². The first-order valence-electron chi connectivity index (χ1n) is 7.12. The fraction of sp³-hybridized carbons (Fsp3) is 0.533. The molecule has 110 valence electrons. The molecule has 0 saturated carbocycles. The minimum Gasteiger partial charge on any atom is -0.409 e. The second-order valence-corrected chi connectivity index (χ2v) is 5.88. The molecule has 1 atom stereocenters. The normalized spacial score (nSPS) is 20.5. The first kappa shape index (κ1) is 15.1. The largest absolute Gasteiger partial charge is 0.409 e. The van der Waals surface area contributed by atoms with Crippen molar-refractivity contribution in [3.05, 3.63) is 34.3 Å². The van der Waals surface area contributed by atoms with Crippen molar-refractivity contribution >= 4 is 17.4 Å². The molecule has 5 heteroatoms. The first-order valence-corrected chi connectivity index (χ1v) is 7.50. The highest BCUT2D eigenvalue weighted by molar-refractivity contribution is 6.31. The van der Waals surface area contributed by atoms with E-state index in [9.17, 15) is 0 Å². The van der Waals surface area contributed by atoms with Gasteiger partial charge in [-0.1, -0.05) is 42.2 Å². The molecule has 0 aliphatic carbocycles. The van der Waals surface area contributed by atoms with Crippen LogP contribution in [0.2, 0.25) is 5.02 Å². The highest BCUT2D eigenvalue weighted by Gasteiger charge is 2.22. The van der Waals surface area contributed by atoms with E-state index in [1.54, 1.807) is 6.07 Å². The lowest BCUT2D eigenvalue weighted by Gasteiger charge is -2.17. The van der Waals surface area contributed by atoms with Crippen LogP contribution in [0, 0.1) is 5.92 Å². The SMILES string of the molecule is CCCC1CCN(Cc2ccc(/C(N)=N/O)cc2Cl)C1. The average Bonchev–Trinajstić information content (AvgIpc) is 2.88. The maximum Gasteiger partial charge on any atom is 0.170 e. The maximum atomic E-state index is 8.67. The van der Waals surface area contributed by atoms with Gasteiger partial charge in [-0.05, 0) is 36.9 Å². The van der Waals surface area contributed by atoms with Crippen molar-refractivity contribution in [2.45, 2.75) is 32.7 Å². The van der Waals surface area contributed by atoms with Crippen molar-refractivity contribution in [3.63, 3.8) is 0 Å². The van der Waals surface area contributed by atoms with Gasteiger partial charge in [0.05, 0.1) is 0 Å². The Labute approximate surface area is 125 Å². The summed E-state index contributed by atoms with van der Waals surface area (Å²) in [5.74, 6) is 0.915. The van der Waals surface area contributed by atoms with Crippen LogP contribution in [0.3, 0.4) is 0 Å². The van der Waals surface area contributed by atoms with Crippen LogP contribution in [-0.4, -0.2) is 29.0 Å². The van der Waals surface area contributed by atoms with E-state index < -0.39 is 0 Å². The first-order chi connectivity index (χ1) is 9.63. The molecule has 1 heterocycles. The maximum absolute atomic E-state index is 8.67. The van der Waals surface area contributed by atoms with Gasteiger partial charge in [0, 0.05) is 23.7 Å². The van der Waals surface area contributed by atoms with E-state index >= 15 is 0 Å². The Morgan fingerprint density at radius 3 is 3.00 bits per heavy atom. The van der Waals surface area contributed by atoms with Crippen molar-refractivity contribution in [2.24, 2.45) is 16.8 Å². The molecule has 1 saturated heterocycles. The predicted octanol–water partition coefficient (Wildman–Crippen LogP) is 3.06. The van der Waals surface area contributed by atoms with Gasteiger partial charge in [-0.3, -0.25) is 4.90 Å². The van der Waals surface area contributed by atoms with Crippen molar-refractivity contribution in [2.75, 3.05) is 13.1 Å². The predicted molar refractivity (Wildman–Crippen MR) is 82.3 cm³/mol. The third-order valence-corrected chi connectivity index (χ3v) is 4.27. The molecule has 0 amide bonds. The van der Waals surface area contributed by atoms with Crippen LogP contribution < -0.4 is 5.73 Å². The van der Waals surface area contributed by atoms with E-state index in [0.717, 1.165) is 31.1 Å². The van der Waals surface area contributed by atoms with Gasteiger partial charge in [0.15, 0.2) is 5.84 Å². The summed E-state index contributed by atoms with van der Waals surface area (Å²) in [6.45, 7) is 5.41. The van der Waals surface area contributed by atoms with Gasteiger partial charge >= 0.3 is 0 Å². The lowest BCUT2D eigenvalue weighted by molar-refractivity contribution is 0.313. The molecule has 0 aromatic heterocycles. The molecule has 1 fully saturated rings. The Bertz CT molecular complexity index is 490. The summed E-state index contributed by atoms with van der Waals surface area (Å²) in [5, 5.41) is 12.3. The van der Waals surface area contributed by atoms with Gasteiger partial charge in [-0.2, -0.15) is 0 Å². The molecule has 1 aliphatic rings. The summed E-state index contributed by atoms with van der Waals surface area (Å²) in [4.78, 5) is 2.45. The van der Waals surface area contributed by atoms with Crippen molar-refractivity contribution in [1.82, 2.24) is 4.90 Å². The van der Waals surface area contributed by atoms with Gasteiger partial charge in [-0.15, -0.1) is 0 Å². The Balaban J connectivity index is 2.00. The zero-order chi connectivity index (χ0) is 14.5. The van der Waals surface area contributed by atoms with Crippen LogP contribution >= 0.6 is 11.6 Å². The number of hydrogen-bond acceptors (Lipinski definition) is 3. The molecule has 1 aromatic rings. The third kappa shape index (κ3) is 3.64. The molecular formula is C15H22ClN3O. The van der Waals surface area contributed by atoms with Crippen LogP contribution in [0.1, 0.15) is 37.3 Å². The van der Waals surface area contributed by atoms with Crippen molar-refractivity contribution < 1.29 is 5.21 Å². The summed E-state index contributed by atoms with van der Waals surface area (Å²) in [6.07, 6.45) is 3.86. The molecule has 20 heavy (non-hydrogen) atoms. The second kappa shape index (κ2) is 6.95. The Morgan fingerprint density at radius 1 is 1.55 bits per heavy atom. The van der Waals surface area contributed by atoms with Gasteiger partial charge in [-0.25, -0.2) is 0 Å². The fourth-order valence-electron chi connectivity index (χ4n) is 2.83. The lowest BCUT2D eigenvalue weighted by Crippen LogP contribution is -2.20. The highest BCUT2D eigenvalue weighted by atomic mass is 35.5. The van der Waals surface area contributed by atoms with Gasteiger partial charge in [0.25, 0.3) is 0 Å². The number of hydrogen-bond donors (Lipinski definition) is 2. The average molecular weight is 296 g/mol. The molecule has 4 nitrogen and oxygen atoms in total. The molecule has 3 N–H and O–H groups in total. The van der Waals surface area contributed by atoms with Crippen LogP contribution in [0.15, 0.2) is 23.4 Å². The minimum absolute atomic E-state index is 0.0858. The summed E-state index contributed by atoms with van der Waals surface area (Å²) in [6, 6.07) is 5.56. The molecule has 0 bridgehead atoms. The summed E-state index contributed by atoms with van der Waals surface area (Å²) < 4.78 is 0. The minimum atomic E-state index is 0.0858. The lowest BCUT2D eigenvalue weighted by atomic mass is 10.0. The molecule has 0 spiro atoms. The van der Waals surface area contributed by atoms with E-state index in [-0.39, 0.29) is 5.84 Å². The number of oxime groups is 1. The summed E-state index contributed by atoms with van der Waals surface area (Å²) >= 11 is 6.29. The number of rotatable bonds is 5. The Kier molecular flexibility index (Phi) is 5.26. The highest BCUT2D eigenvalue weighted by Crippen LogP contribution is 2.25. The van der Waals surface area contributed by atoms with Gasteiger partial charge < -0.3 is 10.9 Å². The second-order valence-electron chi connectivity index (χ2n) is 5.47. The molecule has 2 rings (SSSR count).